The fourth-order valence-corrected chi connectivity index (χ4v) is 3.70. The van der Waals surface area contributed by atoms with Gasteiger partial charge < -0.3 is 24.7 Å². The van der Waals surface area contributed by atoms with Crippen molar-refractivity contribution < 1.29 is 13.9 Å². The third-order valence-corrected chi connectivity index (χ3v) is 5.34. The molecule has 9 nitrogen and oxygen atoms in total. The van der Waals surface area contributed by atoms with Crippen LogP contribution in [0.5, 0.6) is 0 Å². The van der Waals surface area contributed by atoms with Crippen LogP contribution in [0.15, 0.2) is 34.0 Å². The molecule has 1 fully saturated rings. The SMILES string of the molecule is CCOC(=O)N1CCC(NC(=NCc2cn(C)nc2CC)NCCc2ccco2)CC1. The van der Waals surface area contributed by atoms with Crippen molar-refractivity contribution in [2.75, 3.05) is 26.2 Å². The van der Waals surface area contributed by atoms with Crippen LogP contribution in [0.3, 0.4) is 0 Å². The number of likely N-dealkylation sites (tertiary alicyclic amines) is 1. The highest BCUT2D eigenvalue weighted by molar-refractivity contribution is 5.80. The lowest BCUT2D eigenvalue weighted by Crippen LogP contribution is -2.50. The topological polar surface area (TPSA) is 96.9 Å². The van der Waals surface area contributed by atoms with Gasteiger partial charge in [0.05, 0.1) is 25.1 Å². The molecule has 1 aliphatic heterocycles. The van der Waals surface area contributed by atoms with E-state index in [1.807, 2.05) is 37.0 Å². The summed E-state index contributed by atoms with van der Waals surface area (Å²) in [5.41, 5.74) is 2.21. The molecule has 0 radical (unpaired) electrons. The zero-order valence-corrected chi connectivity index (χ0v) is 18.8. The van der Waals surface area contributed by atoms with Crippen LogP contribution in [0.2, 0.25) is 0 Å². The van der Waals surface area contributed by atoms with Crippen molar-refractivity contribution in [1.82, 2.24) is 25.3 Å². The average molecular weight is 431 g/mol. The first-order chi connectivity index (χ1) is 15.1. The van der Waals surface area contributed by atoms with E-state index in [0.717, 1.165) is 48.7 Å². The van der Waals surface area contributed by atoms with Crippen molar-refractivity contribution in [1.29, 1.82) is 0 Å². The van der Waals surface area contributed by atoms with Crippen LogP contribution in [0, 0.1) is 0 Å². The van der Waals surface area contributed by atoms with Gasteiger partial charge in [0.25, 0.3) is 0 Å². The minimum Gasteiger partial charge on any atom is -0.469 e. The molecule has 0 unspecified atom stereocenters. The highest BCUT2D eigenvalue weighted by Gasteiger charge is 2.24. The van der Waals surface area contributed by atoms with Gasteiger partial charge in [-0.25, -0.2) is 9.79 Å². The van der Waals surface area contributed by atoms with Crippen LogP contribution in [0.4, 0.5) is 4.79 Å². The Balaban J connectivity index is 1.59. The number of amides is 1. The summed E-state index contributed by atoms with van der Waals surface area (Å²) >= 11 is 0. The highest BCUT2D eigenvalue weighted by atomic mass is 16.6. The molecule has 0 spiro atoms. The van der Waals surface area contributed by atoms with E-state index in [2.05, 4.69) is 22.7 Å². The number of guanidine groups is 1. The predicted molar refractivity (Wildman–Crippen MR) is 119 cm³/mol. The number of hydrogen-bond donors (Lipinski definition) is 2. The molecule has 0 atom stereocenters. The molecular formula is C22H34N6O3. The number of hydrogen-bond acceptors (Lipinski definition) is 5. The maximum atomic E-state index is 11.9. The number of aliphatic imine (C=N–C) groups is 1. The van der Waals surface area contributed by atoms with E-state index < -0.39 is 0 Å². The lowest BCUT2D eigenvalue weighted by molar-refractivity contribution is 0.0963. The van der Waals surface area contributed by atoms with E-state index >= 15 is 0 Å². The van der Waals surface area contributed by atoms with Crippen LogP contribution in [0.1, 0.15) is 43.7 Å². The van der Waals surface area contributed by atoms with Gasteiger partial charge >= 0.3 is 6.09 Å². The van der Waals surface area contributed by atoms with Gasteiger partial charge in [0.2, 0.25) is 0 Å². The number of piperidine rings is 1. The summed E-state index contributed by atoms with van der Waals surface area (Å²) in [6, 6.07) is 4.12. The maximum Gasteiger partial charge on any atom is 0.409 e. The van der Waals surface area contributed by atoms with Crippen molar-refractivity contribution in [2.24, 2.45) is 12.0 Å². The zero-order valence-electron chi connectivity index (χ0n) is 18.8. The number of carbonyl (C=O) groups excluding carboxylic acids is 1. The Morgan fingerprint density at radius 3 is 2.84 bits per heavy atom. The molecule has 2 aromatic heterocycles. The number of ether oxygens (including phenoxy) is 1. The molecule has 31 heavy (non-hydrogen) atoms. The normalized spacial score (nSPS) is 15.2. The van der Waals surface area contributed by atoms with Crippen LogP contribution in [0.25, 0.3) is 0 Å². The molecule has 1 saturated heterocycles. The zero-order chi connectivity index (χ0) is 22.1. The summed E-state index contributed by atoms with van der Waals surface area (Å²) in [6.07, 6.45) is 6.86. The summed E-state index contributed by atoms with van der Waals surface area (Å²) in [5, 5.41) is 11.5. The second-order valence-electron chi connectivity index (χ2n) is 7.65. The molecular weight excluding hydrogens is 396 g/mol. The fraction of sp³-hybridized carbons (Fsp3) is 0.591. The van der Waals surface area contributed by atoms with Crippen LogP contribution >= 0.6 is 0 Å². The highest BCUT2D eigenvalue weighted by Crippen LogP contribution is 2.12. The van der Waals surface area contributed by atoms with E-state index in [1.165, 1.54) is 0 Å². The van der Waals surface area contributed by atoms with Crippen LogP contribution < -0.4 is 10.6 Å². The number of rotatable bonds is 8. The minimum atomic E-state index is -0.227. The van der Waals surface area contributed by atoms with E-state index in [9.17, 15) is 4.79 Å². The van der Waals surface area contributed by atoms with Crippen LogP contribution in [-0.4, -0.2) is 59.0 Å². The summed E-state index contributed by atoms with van der Waals surface area (Å²) in [4.78, 5) is 18.5. The molecule has 3 rings (SSSR count). The van der Waals surface area contributed by atoms with Crippen molar-refractivity contribution in [3.63, 3.8) is 0 Å². The monoisotopic (exact) mass is 430 g/mol. The van der Waals surface area contributed by atoms with Gasteiger partial charge in [-0.3, -0.25) is 4.68 Å². The molecule has 0 aliphatic carbocycles. The van der Waals surface area contributed by atoms with Crippen molar-refractivity contribution in [3.05, 3.63) is 41.6 Å². The lowest BCUT2D eigenvalue weighted by atomic mass is 10.1. The summed E-state index contributed by atoms with van der Waals surface area (Å²) < 4.78 is 12.4. The molecule has 9 heteroatoms. The van der Waals surface area contributed by atoms with Crippen molar-refractivity contribution in [3.8, 4) is 0 Å². The van der Waals surface area contributed by atoms with Gasteiger partial charge in [-0.15, -0.1) is 0 Å². The number of aromatic nitrogens is 2. The van der Waals surface area contributed by atoms with Gasteiger partial charge in [0, 0.05) is 50.9 Å². The summed E-state index contributed by atoms with van der Waals surface area (Å²) in [5.74, 6) is 1.71. The minimum absolute atomic E-state index is 0.227. The molecule has 1 aliphatic rings. The molecule has 2 N–H and O–H groups in total. The maximum absolute atomic E-state index is 11.9. The van der Waals surface area contributed by atoms with Gasteiger partial charge in [-0.05, 0) is 38.3 Å². The standard InChI is InChI=1S/C22H34N6O3/c1-4-20-17(16-27(3)26-20)15-24-21(23-11-8-19-7-6-14-31-19)25-18-9-12-28(13-10-18)22(29)30-5-2/h6-7,14,16,18H,4-5,8-13,15H2,1-3H3,(H2,23,24,25). The predicted octanol–water partition coefficient (Wildman–Crippen LogP) is 2.47. The number of nitrogens with zero attached hydrogens (tertiary/aromatic N) is 4. The van der Waals surface area contributed by atoms with E-state index in [4.69, 9.17) is 14.1 Å². The third kappa shape index (κ3) is 6.77. The average Bonchev–Trinajstić information content (AvgIpc) is 3.41. The second kappa shape index (κ2) is 11.4. The Morgan fingerprint density at radius 1 is 1.35 bits per heavy atom. The first-order valence-electron chi connectivity index (χ1n) is 11.1. The third-order valence-electron chi connectivity index (χ3n) is 5.34. The number of furan rings is 1. The smallest absolute Gasteiger partial charge is 0.409 e. The van der Waals surface area contributed by atoms with E-state index in [1.54, 1.807) is 11.2 Å². The molecule has 0 aromatic carbocycles. The molecule has 0 bridgehead atoms. The van der Waals surface area contributed by atoms with Gasteiger partial charge in [0.15, 0.2) is 5.96 Å². The summed E-state index contributed by atoms with van der Waals surface area (Å²) in [6.45, 7) is 6.98. The molecule has 3 heterocycles. The lowest BCUT2D eigenvalue weighted by Gasteiger charge is -2.32. The van der Waals surface area contributed by atoms with E-state index in [0.29, 0.717) is 32.8 Å². The Morgan fingerprint density at radius 2 is 2.16 bits per heavy atom. The first kappa shape index (κ1) is 22.7. The van der Waals surface area contributed by atoms with Gasteiger partial charge in [-0.1, -0.05) is 6.92 Å². The van der Waals surface area contributed by atoms with Crippen molar-refractivity contribution in [2.45, 2.75) is 52.1 Å². The molecule has 2 aromatic rings. The Kier molecular flexibility index (Phi) is 8.37. The molecule has 170 valence electrons. The first-order valence-corrected chi connectivity index (χ1v) is 11.1. The van der Waals surface area contributed by atoms with Crippen LogP contribution in [-0.2, 0) is 31.2 Å². The fourth-order valence-electron chi connectivity index (χ4n) is 3.70. The second-order valence-corrected chi connectivity index (χ2v) is 7.65. The van der Waals surface area contributed by atoms with Gasteiger partial charge in [0.1, 0.15) is 5.76 Å². The number of aryl methyl sites for hydroxylation is 2. The Bertz CT molecular complexity index is 838. The van der Waals surface area contributed by atoms with Gasteiger partial charge in [-0.2, -0.15) is 5.10 Å². The molecule has 1 amide bonds. The quantitative estimate of drug-likeness (QED) is 0.493. The summed E-state index contributed by atoms with van der Waals surface area (Å²) in [7, 11) is 1.93. The number of nitrogens with one attached hydrogen (secondary N) is 2. The largest absolute Gasteiger partial charge is 0.469 e. The Labute approximate surface area is 183 Å². The van der Waals surface area contributed by atoms with E-state index in [-0.39, 0.29) is 12.1 Å². The molecule has 0 saturated carbocycles. The Hall–Kier alpha value is -2.97. The number of carbonyl (C=O) groups is 1. The van der Waals surface area contributed by atoms with Crippen molar-refractivity contribution >= 4 is 12.1 Å².